The van der Waals surface area contributed by atoms with Gasteiger partial charge < -0.3 is 15.5 Å². The molecule has 1 fully saturated rings. The number of piperazine rings is 1. The van der Waals surface area contributed by atoms with Gasteiger partial charge in [0.25, 0.3) is 0 Å². The van der Waals surface area contributed by atoms with Gasteiger partial charge in [0.1, 0.15) is 0 Å². The van der Waals surface area contributed by atoms with E-state index in [1.165, 1.54) is 5.56 Å². The van der Waals surface area contributed by atoms with Crippen molar-refractivity contribution >= 4 is 29.9 Å². The third-order valence-electron chi connectivity index (χ3n) is 4.88. The molecule has 1 saturated heterocycles. The summed E-state index contributed by atoms with van der Waals surface area (Å²) < 4.78 is 0. The molecule has 0 bridgehead atoms. The Morgan fingerprint density at radius 3 is 2.33 bits per heavy atom. The van der Waals surface area contributed by atoms with Crippen molar-refractivity contribution in [1.29, 1.82) is 0 Å². The van der Waals surface area contributed by atoms with Crippen LogP contribution in [0.3, 0.4) is 0 Å². The third-order valence-corrected chi connectivity index (χ3v) is 5.13. The highest BCUT2D eigenvalue weighted by Gasteiger charge is 2.28. The molecule has 1 heterocycles. The SMILES string of the molecule is CCC(CC)(NCCC(=O)N1CCNCC1)c1ccc(Cl)cc1.Cl. The molecule has 0 unspecified atom stereocenters. The van der Waals surface area contributed by atoms with Crippen LogP contribution in [0.2, 0.25) is 5.02 Å². The average Bonchev–Trinajstić information content (AvgIpc) is 2.60. The highest BCUT2D eigenvalue weighted by Crippen LogP contribution is 2.29. The van der Waals surface area contributed by atoms with Crippen LogP contribution in [0.15, 0.2) is 24.3 Å². The minimum atomic E-state index is -0.0890. The number of benzene rings is 1. The summed E-state index contributed by atoms with van der Waals surface area (Å²) in [4.78, 5) is 14.2. The summed E-state index contributed by atoms with van der Waals surface area (Å²) in [7, 11) is 0. The molecule has 2 N–H and O–H groups in total. The lowest BCUT2D eigenvalue weighted by Gasteiger charge is -2.34. The number of nitrogens with one attached hydrogen (secondary N) is 2. The highest BCUT2D eigenvalue weighted by molar-refractivity contribution is 6.30. The minimum absolute atomic E-state index is 0. The van der Waals surface area contributed by atoms with Crippen molar-refractivity contribution < 1.29 is 4.79 Å². The Labute approximate surface area is 156 Å². The number of halogens is 2. The molecule has 0 radical (unpaired) electrons. The quantitative estimate of drug-likeness (QED) is 0.771. The van der Waals surface area contributed by atoms with E-state index in [0.717, 1.165) is 44.0 Å². The van der Waals surface area contributed by atoms with Crippen LogP contribution in [-0.4, -0.2) is 43.5 Å². The van der Waals surface area contributed by atoms with Gasteiger partial charge in [-0.15, -0.1) is 12.4 Å². The van der Waals surface area contributed by atoms with Crippen LogP contribution in [-0.2, 0) is 10.3 Å². The Morgan fingerprint density at radius 2 is 1.79 bits per heavy atom. The second-order valence-corrected chi connectivity index (χ2v) is 6.54. The molecule has 6 heteroatoms. The third kappa shape index (κ3) is 5.35. The van der Waals surface area contributed by atoms with Crippen LogP contribution >= 0.6 is 24.0 Å². The molecule has 1 aliphatic heterocycles. The average molecular weight is 374 g/mol. The predicted octanol–water partition coefficient (Wildman–Crippen LogP) is 3.19. The first-order valence-corrected chi connectivity index (χ1v) is 8.98. The van der Waals surface area contributed by atoms with E-state index in [1.807, 2.05) is 17.0 Å². The normalized spacial score (nSPS) is 15.0. The first-order chi connectivity index (χ1) is 11.1. The van der Waals surface area contributed by atoms with E-state index in [2.05, 4.69) is 36.6 Å². The summed E-state index contributed by atoms with van der Waals surface area (Å²) in [6, 6.07) is 8.04. The Bertz CT molecular complexity index is 497. The van der Waals surface area contributed by atoms with Crippen molar-refractivity contribution in [3.05, 3.63) is 34.9 Å². The van der Waals surface area contributed by atoms with Gasteiger partial charge in [-0.1, -0.05) is 37.6 Å². The van der Waals surface area contributed by atoms with Gasteiger partial charge in [-0.3, -0.25) is 4.79 Å². The van der Waals surface area contributed by atoms with Crippen LogP contribution in [0, 0.1) is 0 Å². The van der Waals surface area contributed by atoms with Crippen LogP contribution < -0.4 is 10.6 Å². The maximum absolute atomic E-state index is 12.3. The Kier molecular flexibility index (Phi) is 9.06. The van der Waals surface area contributed by atoms with E-state index >= 15 is 0 Å². The summed E-state index contributed by atoms with van der Waals surface area (Å²) in [5.74, 6) is 0.246. The Morgan fingerprint density at radius 1 is 1.21 bits per heavy atom. The first-order valence-electron chi connectivity index (χ1n) is 8.61. The van der Waals surface area contributed by atoms with Crippen molar-refractivity contribution in [3.63, 3.8) is 0 Å². The standard InChI is InChI=1S/C18H28ClN3O.ClH/c1-3-18(4-2,15-5-7-16(19)8-6-15)21-10-9-17(23)22-13-11-20-12-14-22;/h5-8,20-21H,3-4,9-14H2,1-2H3;1H. The smallest absolute Gasteiger partial charge is 0.223 e. The fourth-order valence-corrected chi connectivity index (χ4v) is 3.39. The second kappa shape index (κ2) is 10.2. The zero-order valence-corrected chi connectivity index (χ0v) is 16.2. The largest absolute Gasteiger partial charge is 0.340 e. The number of hydrogen-bond donors (Lipinski definition) is 2. The number of amides is 1. The van der Waals surface area contributed by atoms with Gasteiger partial charge in [0.15, 0.2) is 0 Å². The zero-order chi connectivity index (χ0) is 16.7. The van der Waals surface area contributed by atoms with Crippen molar-refractivity contribution in [3.8, 4) is 0 Å². The number of rotatable bonds is 7. The molecule has 0 atom stereocenters. The maximum atomic E-state index is 12.3. The first kappa shape index (κ1) is 21.2. The van der Waals surface area contributed by atoms with E-state index < -0.39 is 0 Å². The lowest BCUT2D eigenvalue weighted by Crippen LogP contribution is -2.48. The van der Waals surface area contributed by atoms with Crippen LogP contribution in [0.4, 0.5) is 0 Å². The Hall–Kier alpha value is -0.810. The van der Waals surface area contributed by atoms with Gasteiger partial charge >= 0.3 is 0 Å². The van der Waals surface area contributed by atoms with Gasteiger partial charge in [0.05, 0.1) is 0 Å². The van der Waals surface area contributed by atoms with Crippen LogP contribution in [0.25, 0.3) is 0 Å². The van der Waals surface area contributed by atoms with Crippen molar-refractivity contribution in [2.24, 2.45) is 0 Å². The molecule has 1 amide bonds. The number of hydrogen-bond acceptors (Lipinski definition) is 3. The van der Waals surface area contributed by atoms with Gasteiger partial charge in [0, 0.05) is 49.7 Å². The lowest BCUT2D eigenvalue weighted by atomic mass is 9.84. The van der Waals surface area contributed by atoms with Crippen molar-refractivity contribution in [1.82, 2.24) is 15.5 Å². The fraction of sp³-hybridized carbons (Fsp3) is 0.611. The monoisotopic (exact) mass is 373 g/mol. The number of carbonyl (C=O) groups excluding carboxylic acids is 1. The maximum Gasteiger partial charge on any atom is 0.223 e. The van der Waals surface area contributed by atoms with Crippen molar-refractivity contribution in [2.75, 3.05) is 32.7 Å². The lowest BCUT2D eigenvalue weighted by molar-refractivity contribution is -0.131. The van der Waals surface area contributed by atoms with E-state index in [9.17, 15) is 4.79 Å². The summed E-state index contributed by atoms with van der Waals surface area (Å²) in [6.07, 6.45) is 2.51. The van der Waals surface area contributed by atoms with Gasteiger partial charge in [0.2, 0.25) is 5.91 Å². The molecule has 0 spiro atoms. The molecule has 2 rings (SSSR count). The number of nitrogens with zero attached hydrogens (tertiary/aromatic N) is 1. The molecule has 0 saturated carbocycles. The molecule has 0 aliphatic carbocycles. The van der Waals surface area contributed by atoms with Crippen LogP contribution in [0.5, 0.6) is 0 Å². The second-order valence-electron chi connectivity index (χ2n) is 6.10. The van der Waals surface area contributed by atoms with Crippen LogP contribution in [0.1, 0.15) is 38.7 Å². The fourth-order valence-electron chi connectivity index (χ4n) is 3.26. The summed E-state index contributed by atoms with van der Waals surface area (Å²) in [5.41, 5.74) is 1.15. The molecule has 1 aromatic carbocycles. The summed E-state index contributed by atoms with van der Waals surface area (Å²) in [5, 5.41) is 7.66. The van der Waals surface area contributed by atoms with E-state index in [-0.39, 0.29) is 23.9 Å². The molecular weight excluding hydrogens is 345 g/mol. The van der Waals surface area contributed by atoms with Crippen molar-refractivity contribution in [2.45, 2.75) is 38.6 Å². The summed E-state index contributed by atoms with van der Waals surface area (Å²) in [6.45, 7) is 8.51. The minimum Gasteiger partial charge on any atom is -0.340 e. The Balaban J connectivity index is 0.00000288. The zero-order valence-electron chi connectivity index (χ0n) is 14.6. The van der Waals surface area contributed by atoms with E-state index in [1.54, 1.807) is 0 Å². The molecule has 4 nitrogen and oxygen atoms in total. The van der Waals surface area contributed by atoms with Gasteiger partial charge in [-0.2, -0.15) is 0 Å². The predicted molar refractivity (Wildman–Crippen MR) is 103 cm³/mol. The van der Waals surface area contributed by atoms with E-state index in [4.69, 9.17) is 11.6 Å². The molecule has 0 aromatic heterocycles. The molecule has 136 valence electrons. The molecule has 24 heavy (non-hydrogen) atoms. The molecule has 1 aliphatic rings. The topological polar surface area (TPSA) is 44.4 Å². The van der Waals surface area contributed by atoms with E-state index in [0.29, 0.717) is 13.0 Å². The number of carbonyl (C=O) groups is 1. The molecule has 1 aromatic rings. The van der Waals surface area contributed by atoms with Gasteiger partial charge in [-0.25, -0.2) is 0 Å². The van der Waals surface area contributed by atoms with Gasteiger partial charge in [-0.05, 0) is 30.5 Å². The summed E-state index contributed by atoms with van der Waals surface area (Å²) >= 11 is 6.00. The highest BCUT2D eigenvalue weighted by atomic mass is 35.5. The molecular formula is C18H29Cl2N3O.